The van der Waals surface area contributed by atoms with Crippen LogP contribution in [0.2, 0.25) is 0 Å². The molecule has 0 saturated carbocycles. The molecule has 3 nitrogen and oxygen atoms in total. The molecule has 0 atom stereocenters. The number of rotatable bonds is 3. The van der Waals surface area contributed by atoms with Gasteiger partial charge < -0.3 is 4.84 Å². The number of carbonyl (C=O) groups excluding carboxylic acids is 1. The summed E-state index contributed by atoms with van der Waals surface area (Å²) in [6.45, 7) is 0. The lowest BCUT2D eigenvalue weighted by Gasteiger charge is -2.00. The van der Waals surface area contributed by atoms with Gasteiger partial charge in [0.05, 0.1) is 5.57 Å². The molecular weight excluding hydrogens is 270 g/mol. The van der Waals surface area contributed by atoms with Crippen molar-refractivity contribution in [2.45, 2.75) is 4.90 Å². The molecule has 1 aliphatic heterocycles. The van der Waals surface area contributed by atoms with Gasteiger partial charge in [-0.1, -0.05) is 65.4 Å². The SMILES string of the molecule is O=C1ON=C(c2ccccc2)/C1=C/Sc1ccccc1. The molecule has 1 heterocycles. The van der Waals surface area contributed by atoms with Gasteiger partial charge in [-0.3, -0.25) is 0 Å². The second-order valence-electron chi connectivity index (χ2n) is 4.15. The molecule has 0 N–H and O–H groups in total. The zero-order valence-corrected chi connectivity index (χ0v) is 11.3. The molecule has 0 radical (unpaired) electrons. The molecule has 0 aliphatic carbocycles. The van der Waals surface area contributed by atoms with Gasteiger partial charge in [-0.25, -0.2) is 4.79 Å². The van der Waals surface area contributed by atoms with Crippen molar-refractivity contribution in [2.75, 3.05) is 0 Å². The van der Waals surface area contributed by atoms with E-state index in [0.29, 0.717) is 11.3 Å². The molecule has 0 amide bonds. The Balaban J connectivity index is 1.87. The van der Waals surface area contributed by atoms with Gasteiger partial charge in [0.1, 0.15) is 5.71 Å². The van der Waals surface area contributed by atoms with Crippen LogP contribution in [0.1, 0.15) is 5.56 Å². The minimum absolute atomic E-state index is 0.410. The molecule has 0 spiro atoms. The third kappa shape index (κ3) is 2.65. The van der Waals surface area contributed by atoms with Crippen LogP contribution >= 0.6 is 11.8 Å². The lowest BCUT2D eigenvalue weighted by Crippen LogP contribution is -2.06. The molecule has 0 bridgehead atoms. The van der Waals surface area contributed by atoms with E-state index < -0.39 is 5.97 Å². The molecule has 0 aromatic heterocycles. The number of benzene rings is 2. The molecule has 98 valence electrons. The van der Waals surface area contributed by atoms with Crippen LogP contribution in [0.4, 0.5) is 0 Å². The van der Waals surface area contributed by atoms with Crippen LogP contribution in [-0.2, 0) is 9.63 Å². The van der Waals surface area contributed by atoms with E-state index in [-0.39, 0.29) is 0 Å². The molecule has 0 fully saturated rings. The van der Waals surface area contributed by atoms with Crippen LogP contribution in [0.25, 0.3) is 0 Å². The van der Waals surface area contributed by atoms with E-state index in [1.807, 2.05) is 60.7 Å². The van der Waals surface area contributed by atoms with Gasteiger partial charge in [0.2, 0.25) is 0 Å². The second kappa shape index (κ2) is 5.75. The monoisotopic (exact) mass is 281 g/mol. The smallest absolute Gasteiger partial charge is 0.312 e. The van der Waals surface area contributed by atoms with Crippen molar-refractivity contribution < 1.29 is 9.63 Å². The van der Waals surface area contributed by atoms with Gasteiger partial charge in [0.25, 0.3) is 0 Å². The maximum atomic E-state index is 11.8. The van der Waals surface area contributed by atoms with Crippen LogP contribution in [0.5, 0.6) is 0 Å². The number of oxime groups is 1. The Labute approximate surface area is 121 Å². The van der Waals surface area contributed by atoms with Crippen LogP contribution in [0.15, 0.2) is 81.7 Å². The Morgan fingerprint density at radius 1 is 0.950 bits per heavy atom. The minimum atomic E-state index is -0.410. The fourth-order valence-electron chi connectivity index (χ4n) is 1.82. The van der Waals surface area contributed by atoms with Gasteiger partial charge in [-0.2, -0.15) is 0 Å². The molecular formula is C16H11NO2S. The summed E-state index contributed by atoms with van der Waals surface area (Å²) in [6.07, 6.45) is 0. The fourth-order valence-corrected chi connectivity index (χ4v) is 2.59. The molecule has 3 rings (SSSR count). The summed E-state index contributed by atoms with van der Waals surface area (Å²) in [6, 6.07) is 19.4. The van der Waals surface area contributed by atoms with Gasteiger partial charge in [0, 0.05) is 10.5 Å². The quantitative estimate of drug-likeness (QED) is 0.490. The average molecular weight is 281 g/mol. The Morgan fingerprint density at radius 2 is 1.60 bits per heavy atom. The van der Waals surface area contributed by atoms with E-state index in [2.05, 4.69) is 5.16 Å². The first-order valence-electron chi connectivity index (χ1n) is 6.11. The molecule has 4 heteroatoms. The first kappa shape index (κ1) is 12.7. The fraction of sp³-hybridized carbons (Fsp3) is 0. The largest absolute Gasteiger partial charge is 0.368 e. The lowest BCUT2D eigenvalue weighted by atomic mass is 10.1. The van der Waals surface area contributed by atoms with Gasteiger partial charge in [-0.05, 0) is 17.5 Å². The van der Waals surface area contributed by atoms with E-state index in [1.165, 1.54) is 11.8 Å². The highest BCUT2D eigenvalue weighted by atomic mass is 32.2. The number of hydrogen-bond donors (Lipinski definition) is 0. The van der Waals surface area contributed by atoms with Crippen LogP contribution < -0.4 is 0 Å². The summed E-state index contributed by atoms with van der Waals surface area (Å²) in [5.74, 6) is -0.410. The number of thioether (sulfide) groups is 1. The zero-order valence-electron chi connectivity index (χ0n) is 10.5. The maximum Gasteiger partial charge on any atom is 0.368 e. The predicted octanol–water partition coefficient (Wildman–Crippen LogP) is 3.62. The Kier molecular flexibility index (Phi) is 3.65. The molecule has 2 aromatic rings. The summed E-state index contributed by atoms with van der Waals surface area (Å²) >= 11 is 1.48. The van der Waals surface area contributed by atoms with Crippen LogP contribution in [0, 0.1) is 0 Å². The minimum Gasteiger partial charge on any atom is -0.312 e. The first-order valence-corrected chi connectivity index (χ1v) is 6.99. The van der Waals surface area contributed by atoms with Crippen molar-refractivity contribution >= 4 is 23.4 Å². The van der Waals surface area contributed by atoms with Gasteiger partial charge in [-0.15, -0.1) is 0 Å². The Bertz CT molecular complexity index is 678. The summed E-state index contributed by atoms with van der Waals surface area (Å²) in [7, 11) is 0. The highest BCUT2D eigenvalue weighted by Crippen LogP contribution is 2.25. The number of carbonyl (C=O) groups is 1. The highest BCUT2D eigenvalue weighted by molar-refractivity contribution is 8.02. The topological polar surface area (TPSA) is 38.7 Å². The third-order valence-corrected chi connectivity index (χ3v) is 3.70. The normalized spacial score (nSPS) is 16.1. The second-order valence-corrected chi connectivity index (χ2v) is 5.09. The van der Waals surface area contributed by atoms with Gasteiger partial charge in [0.15, 0.2) is 0 Å². The molecule has 1 aliphatic rings. The van der Waals surface area contributed by atoms with Crippen molar-refractivity contribution in [2.24, 2.45) is 5.16 Å². The maximum absolute atomic E-state index is 11.8. The summed E-state index contributed by atoms with van der Waals surface area (Å²) < 4.78 is 0. The number of nitrogens with zero attached hydrogens (tertiary/aromatic N) is 1. The summed E-state index contributed by atoms with van der Waals surface area (Å²) in [5, 5.41) is 5.65. The van der Waals surface area contributed by atoms with E-state index >= 15 is 0 Å². The Morgan fingerprint density at radius 3 is 2.30 bits per heavy atom. The van der Waals surface area contributed by atoms with E-state index in [1.54, 1.807) is 5.41 Å². The molecule has 0 unspecified atom stereocenters. The van der Waals surface area contributed by atoms with E-state index in [9.17, 15) is 4.79 Å². The van der Waals surface area contributed by atoms with Crippen molar-refractivity contribution in [3.63, 3.8) is 0 Å². The van der Waals surface area contributed by atoms with Crippen LogP contribution in [0.3, 0.4) is 0 Å². The number of hydrogen-bond acceptors (Lipinski definition) is 4. The van der Waals surface area contributed by atoms with E-state index in [0.717, 1.165) is 10.5 Å². The molecule has 2 aromatic carbocycles. The van der Waals surface area contributed by atoms with Gasteiger partial charge >= 0.3 is 5.97 Å². The molecule has 0 saturated heterocycles. The predicted molar refractivity (Wildman–Crippen MR) is 79.5 cm³/mol. The van der Waals surface area contributed by atoms with Crippen molar-refractivity contribution in [3.05, 3.63) is 77.2 Å². The summed E-state index contributed by atoms with van der Waals surface area (Å²) in [4.78, 5) is 17.6. The molecule has 20 heavy (non-hydrogen) atoms. The summed E-state index contributed by atoms with van der Waals surface area (Å²) in [5.41, 5.74) is 1.95. The Hall–Kier alpha value is -2.33. The first-order chi connectivity index (χ1) is 9.84. The average Bonchev–Trinajstić information content (AvgIpc) is 2.88. The zero-order chi connectivity index (χ0) is 13.8. The lowest BCUT2D eigenvalue weighted by molar-refractivity contribution is -0.136. The van der Waals surface area contributed by atoms with Crippen molar-refractivity contribution in [3.8, 4) is 0 Å². The van der Waals surface area contributed by atoms with E-state index in [4.69, 9.17) is 4.84 Å². The third-order valence-electron chi connectivity index (χ3n) is 2.80. The van der Waals surface area contributed by atoms with Crippen molar-refractivity contribution in [1.82, 2.24) is 0 Å². The standard InChI is InChI=1S/C16H11NO2S/c18-16-14(11-20-13-9-5-2-6-10-13)15(17-19-16)12-7-3-1-4-8-12/h1-11H/b14-11-. The highest BCUT2D eigenvalue weighted by Gasteiger charge is 2.26. The van der Waals surface area contributed by atoms with Crippen molar-refractivity contribution in [1.29, 1.82) is 0 Å². The van der Waals surface area contributed by atoms with Crippen LogP contribution in [-0.4, -0.2) is 11.7 Å².